The summed E-state index contributed by atoms with van der Waals surface area (Å²) in [7, 11) is 0. The average Bonchev–Trinajstić information content (AvgIpc) is 3.50. The lowest BCUT2D eigenvalue weighted by molar-refractivity contribution is 0.372. The molecule has 0 saturated carbocycles. The third-order valence-electron chi connectivity index (χ3n) is 5.37. The molecule has 10 heteroatoms. The van der Waals surface area contributed by atoms with Gasteiger partial charge in [0.15, 0.2) is 5.96 Å². The van der Waals surface area contributed by atoms with Crippen LogP contribution < -0.4 is 10.2 Å². The molecule has 3 heterocycles. The molecule has 172 valence electrons. The number of aryl methyl sites for hydroxylation is 1. The Morgan fingerprint density at radius 1 is 1.09 bits per heavy atom. The summed E-state index contributed by atoms with van der Waals surface area (Å²) in [6.07, 6.45) is 4.69. The fraction of sp³-hybridized carbons (Fsp3) is 0.455. The summed E-state index contributed by atoms with van der Waals surface area (Å²) in [6.45, 7) is 10.2. The summed E-state index contributed by atoms with van der Waals surface area (Å²) in [5.74, 6) is 1.91. The Kier molecular flexibility index (Phi) is 9.27. The molecule has 3 aromatic rings. The van der Waals surface area contributed by atoms with Gasteiger partial charge in [0.2, 0.25) is 5.13 Å². The molecule has 0 aliphatic carbocycles. The third-order valence-corrected chi connectivity index (χ3v) is 6.18. The van der Waals surface area contributed by atoms with E-state index >= 15 is 0 Å². The molecule has 0 bridgehead atoms. The second-order valence-corrected chi connectivity index (χ2v) is 8.19. The number of nitrogens with one attached hydrogen (secondary N) is 1. The van der Waals surface area contributed by atoms with Gasteiger partial charge in [-0.2, -0.15) is 9.47 Å². The number of benzene rings is 1. The molecule has 1 fully saturated rings. The number of piperazine rings is 1. The van der Waals surface area contributed by atoms with E-state index in [0.29, 0.717) is 6.54 Å². The lowest BCUT2D eigenvalue weighted by Crippen LogP contribution is -2.52. The molecule has 1 aromatic carbocycles. The van der Waals surface area contributed by atoms with Crippen molar-refractivity contribution in [3.63, 3.8) is 0 Å². The first-order chi connectivity index (χ1) is 15.3. The first-order valence-electron chi connectivity index (χ1n) is 10.9. The summed E-state index contributed by atoms with van der Waals surface area (Å²) in [5.41, 5.74) is 2.48. The van der Waals surface area contributed by atoms with E-state index in [1.165, 1.54) is 22.7 Å². The molecule has 0 spiro atoms. The predicted octanol–water partition coefficient (Wildman–Crippen LogP) is 3.25. The van der Waals surface area contributed by atoms with Crippen LogP contribution in [0, 0.1) is 0 Å². The number of halogens is 1. The van der Waals surface area contributed by atoms with Crippen LogP contribution >= 0.6 is 35.5 Å². The summed E-state index contributed by atoms with van der Waals surface area (Å²) in [5, 5.41) is 8.84. The summed E-state index contributed by atoms with van der Waals surface area (Å²) in [4.78, 5) is 14.3. The average molecular weight is 567 g/mol. The van der Waals surface area contributed by atoms with Crippen LogP contribution in [0.1, 0.15) is 30.8 Å². The van der Waals surface area contributed by atoms with E-state index in [0.717, 1.165) is 62.6 Å². The van der Waals surface area contributed by atoms with Gasteiger partial charge in [0.25, 0.3) is 0 Å². The Balaban J connectivity index is 0.00000289. The molecule has 1 saturated heterocycles. The van der Waals surface area contributed by atoms with Gasteiger partial charge in [0.05, 0.1) is 13.1 Å². The van der Waals surface area contributed by atoms with Gasteiger partial charge in [-0.15, -0.1) is 24.0 Å². The molecule has 0 unspecified atom stereocenters. The maximum Gasteiger partial charge on any atom is 0.205 e. The molecular formula is C22H31IN8S. The highest BCUT2D eigenvalue weighted by molar-refractivity contribution is 14.0. The monoisotopic (exact) mass is 566 g/mol. The fourth-order valence-corrected chi connectivity index (χ4v) is 4.45. The minimum absolute atomic E-state index is 0. The van der Waals surface area contributed by atoms with Crippen LogP contribution in [0.3, 0.4) is 0 Å². The molecule has 0 atom stereocenters. The van der Waals surface area contributed by atoms with Crippen molar-refractivity contribution in [1.29, 1.82) is 0 Å². The number of rotatable bonds is 7. The van der Waals surface area contributed by atoms with Gasteiger partial charge < -0.3 is 15.1 Å². The molecule has 2 aromatic heterocycles. The maximum atomic E-state index is 4.97. The lowest BCUT2D eigenvalue weighted by atomic mass is 10.1. The lowest BCUT2D eigenvalue weighted by Gasteiger charge is -2.36. The maximum absolute atomic E-state index is 4.97. The van der Waals surface area contributed by atoms with E-state index in [4.69, 9.17) is 4.99 Å². The normalized spacial score (nSPS) is 14.4. The first-order valence-corrected chi connectivity index (χ1v) is 11.7. The zero-order valence-electron chi connectivity index (χ0n) is 18.6. The predicted molar refractivity (Wildman–Crippen MR) is 141 cm³/mol. The van der Waals surface area contributed by atoms with Crippen LogP contribution in [0.2, 0.25) is 0 Å². The number of aliphatic imine (C=N–C) groups is 1. The molecule has 1 aliphatic rings. The van der Waals surface area contributed by atoms with Gasteiger partial charge in [-0.3, -0.25) is 4.68 Å². The van der Waals surface area contributed by atoms with E-state index in [1.54, 1.807) is 0 Å². The van der Waals surface area contributed by atoms with Gasteiger partial charge in [-0.1, -0.05) is 31.2 Å². The van der Waals surface area contributed by atoms with E-state index < -0.39 is 0 Å². The summed E-state index contributed by atoms with van der Waals surface area (Å²) in [6, 6.07) is 10.4. The smallest absolute Gasteiger partial charge is 0.205 e. The van der Waals surface area contributed by atoms with Crippen molar-refractivity contribution in [2.45, 2.75) is 33.4 Å². The van der Waals surface area contributed by atoms with Crippen LogP contribution in [0.25, 0.3) is 0 Å². The van der Waals surface area contributed by atoms with Crippen LogP contribution in [0.4, 0.5) is 5.13 Å². The SMILES string of the molecule is CCNC(=NCc1ccccc1Cn1cccn1)N1CCN(c2nc(CC)ns2)CC1.I. The van der Waals surface area contributed by atoms with E-state index in [9.17, 15) is 0 Å². The van der Waals surface area contributed by atoms with Gasteiger partial charge in [-0.25, -0.2) is 9.98 Å². The third kappa shape index (κ3) is 6.18. The quantitative estimate of drug-likeness (QED) is 0.269. The van der Waals surface area contributed by atoms with Crippen LogP contribution in [-0.2, 0) is 19.5 Å². The first kappa shape index (κ1) is 24.4. The van der Waals surface area contributed by atoms with Crippen molar-refractivity contribution in [3.8, 4) is 0 Å². The highest BCUT2D eigenvalue weighted by atomic mass is 127. The van der Waals surface area contributed by atoms with Crippen molar-refractivity contribution in [2.24, 2.45) is 4.99 Å². The Morgan fingerprint density at radius 2 is 1.88 bits per heavy atom. The summed E-state index contributed by atoms with van der Waals surface area (Å²) < 4.78 is 6.37. The highest BCUT2D eigenvalue weighted by Gasteiger charge is 2.22. The number of hydrogen-bond acceptors (Lipinski definition) is 6. The zero-order valence-corrected chi connectivity index (χ0v) is 21.8. The number of hydrogen-bond donors (Lipinski definition) is 1. The molecule has 0 radical (unpaired) electrons. The highest BCUT2D eigenvalue weighted by Crippen LogP contribution is 2.19. The van der Waals surface area contributed by atoms with Gasteiger partial charge >= 0.3 is 0 Å². The van der Waals surface area contributed by atoms with E-state index in [-0.39, 0.29) is 24.0 Å². The zero-order chi connectivity index (χ0) is 21.5. The summed E-state index contributed by atoms with van der Waals surface area (Å²) >= 11 is 1.50. The molecule has 0 amide bonds. The fourth-order valence-electron chi connectivity index (χ4n) is 3.65. The number of guanidine groups is 1. The number of nitrogens with zero attached hydrogens (tertiary/aromatic N) is 7. The number of anilines is 1. The van der Waals surface area contributed by atoms with Gasteiger partial charge in [-0.05, 0) is 24.1 Å². The van der Waals surface area contributed by atoms with E-state index in [1.807, 2.05) is 23.1 Å². The van der Waals surface area contributed by atoms with Crippen LogP contribution in [0.15, 0.2) is 47.7 Å². The molecule has 4 rings (SSSR count). The van der Waals surface area contributed by atoms with Crippen molar-refractivity contribution in [2.75, 3.05) is 37.6 Å². The van der Waals surface area contributed by atoms with Gasteiger partial charge in [0.1, 0.15) is 5.82 Å². The Bertz CT molecular complexity index is 979. The van der Waals surface area contributed by atoms with E-state index in [2.05, 4.69) is 67.7 Å². The Morgan fingerprint density at radius 3 is 2.53 bits per heavy atom. The molecular weight excluding hydrogens is 535 g/mol. The van der Waals surface area contributed by atoms with Crippen molar-refractivity contribution >= 4 is 46.6 Å². The minimum atomic E-state index is 0. The Labute approximate surface area is 210 Å². The molecule has 1 N–H and O–H groups in total. The topological polar surface area (TPSA) is 74.5 Å². The van der Waals surface area contributed by atoms with Crippen LogP contribution in [0.5, 0.6) is 0 Å². The number of aromatic nitrogens is 4. The van der Waals surface area contributed by atoms with Gasteiger partial charge in [0, 0.05) is 63.1 Å². The standard InChI is InChI=1S/C22H30N8S.HI/c1-3-20-26-22(31-27-20)29-14-12-28(13-15-29)21(23-4-2)24-16-18-8-5-6-9-19(18)17-30-11-7-10-25-30;/h5-11H,3-4,12-17H2,1-2H3,(H,23,24);1H. The largest absolute Gasteiger partial charge is 0.357 e. The molecule has 1 aliphatic heterocycles. The van der Waals surface area contributed by atoms with Crippen LogP contribution in [-0.4, -0.2) is 62.7 Å². The second-order valence-electron chi connectivity index (χ2n) is 7.46. The molecule has 32 heavy (non-hydrogen) atoms. The molecule has 8 nitrogen and oxygen atoms in total. The van der Waals surface area contributed by atoms with Crippen molar-refractivity contribution < 1.29 is 0 Å². The minimum Gasteiger partial charge on any atom is -0.357 e. The Hall–Kier alpha value is -2.21. The van der Waals surface area contributed by atoms with Crippen molar-refractivity contribution in [3.05, 3.63) is 59.7 Å². The second kappa shape index (κ2) is 12.1. The van der Waals surface area contributed by atoms with Crippen molar-refractivity contribution in [1.82, 2.24) is 29.4 Å².